The topological polar surface area (TPSA) is 72.2 Å². The molecule has 1 rings (SSSR count). The van der Waals surface area contributed by atoms with Crippen LogP contribution < -0.4 is 10.5 Å². The average molecular weight is 342 g/mol. The van der Waals surface area contributed by atoms with Crippen molar-refractivity contribution in [2.45, 2.75) is 17.7 Å². The van der Waals surface area contributed by atoms with E-state index in [1.165, 1.54) is 6.07 Å². The first-order valence-corrected chi connectivity index (χ1v) is 7.77. The highest BCUT2D eigenvalue weighted by molar-refractivity contribution is 9.10. The van der Waals surface area contributed by atoms with Crippen LogP contribution in [-0.4, -0.2) is 21.5 Å². The molecule has 17 heavy (non-hydrogen) atoms. The van der Waals surface area contributed by atoms with Crippen molar-refractivity contribution in [1.29, 1.82) is 0 Å². The Morgan fingerprint density at radius 1 is 1.35 bits per heavy atom. The highest BCUT2D eigenvalue weighted by atomic mass is 79.9. The van der Waals surface area contributed by atoms with E-state index >= 15 is 0 Å². The third-order valence-corrected chi connectivity index (χ3v) is 4.54. The molecule has 0 heterocycles. The highest BCUT2D eigenvalue weighted by Gasteiger charge is 2.16. The van der Waals surface area contributed by atoms with Crippen LogP contribution in [0, 0.1) is 0 Å². The summed E-state index contributed by atoms with van der Waals surface area (Å²) in [5, 5.41) is 0.200. The predicted octanol–water partition coefficient (Wildman–Crippen LogP) is 2.12. The van der Waals surface area contributed by atoms with E-state index in [-0.39, 0.29) is 9.92 Å². The Bertz CT molecular complexity index is 479. The molecule has 0 aromatic heterocycles. The predicted molar refractivity (Wildman–Crippen MR) is 72.6 cm³/mol. The molecule has 96 valence electrons. The molecule has 0 fully saturated rings. The van der Waals surface area contributed by atoms with Gasteiger partial charge in [-0.05, 0) is 37.6 Å². The van der Waals surface area contributed by atoms with Gasteiger partial charge in [0, 0.05) is 11.0 Å². The molecule has 0 aliphatic heterocycles. The minimum Gasteiger partial charge on any atom is -0.330 e. The van der Waals surface area contributed by atoms with Crippen LogP contribution in [-0.2, 0) is 10.0 Å². The Morgan fingerprint density at radius 2 is 2.06 bits per heavy atom. The van der Waals surface area contributed by atoms with Crippen molar-refractivity contribution in [3.05, 3.63) is 27.7 Å². The van der Waals surface area contributed by atoms with Gasteiger partial charge in [0.1, 0.15) is 4.90 Å². The Hall–Kier alpha value is -0.140. The largest absolute Gasteiger partial charge is 0.330 e. The zero-order valence-electron chi connectivity index (χ0n) is 9.12. The lowest BCUT2D eigenvalue weighted by Crippen LogP contribution is -2.25. The van der Waals surface area contributed by atoms with Gasteiger partial charge in [-0.2, -0.15) is 0 Å². The fourth-order valence-corrected chi connectivity index (χ4v) is 3.36. The van der Waals surface area contributed by atoms with Crippen LogP contribution >= 0.6 is 27.5 Å². The van der Waals surface area contributed by atoms with E-state index in [1.807, 2.05) is 0 Å². The lowest BCUT2D eigenvalue weighted by atomic mass is 10.3. The smallest absolute Gasteiger partial charge is 0.242 e. The van der Waals surface area contributed by atoms with Crippen LogP contribution in [0.4, 0.5) is 0 Å². The number of hydrogen-bond acceptors (Lipinski definition) is 3. The van der Waals surface area contributed by atoms with E-state index < -0.39 is 10.0 Å². The molecule has 0 saturated carbocycles. The molecule has 0 bridgehead atoms. The second-order valence-corrected chi connectivity index (χ2v) is 6.53. The van der Waals surface area contributed by atoms with Gasteiger partial charge in [-0.15, -0.1) is 0 Å². The summed E-state index contributed by atoms with van der Waals surface area (Å²) in [6.45, 7) is 0.923. The number of sulfonamides is 1. The van der Waals surface area contributed by atoms with E-state index in [2.05, 4.69) is 20.7 Å². The molecule has 0 amide bonds. The van der Waals surface area contributed by atoms with Crippen molar-refractivity contribution in [3.8, 4) is 0 Å². The van der Waals surface area contributed by atoms with Gasteiger partial charge >= 0.3 is 0 Å². The fraction of sp³-hybridized carbons (Fsp3) is 0.400. The molecule has 0 aliphatic carbocycles. The summed E-state index contributed by atoms with van der Waals surface area (Å²) >= 11 is 9.11. The molecule has 0 radical (unpaired) electrons. The number of benzene rings is 1. The summed E-state index contributed by atoms with van der Waals surface area (Å²) in [5.41, 5.74) is 5.33. The molecule has 0 spiro atoms. The molecule has 0 saturated heterocycles. The first-order valence-electron chi connectivity index (χ1n) is 5.12. The van der Waals surface area contributed by atoms with Crippen molar-refractivity contribution in [2.24, 2.45) is 5.73 Å². The van der Waals surface area contributed by atoms with E-state index in [0.717, 1.165) is 10.9 Å². The van der Waals surface area contributed by atoms with Crippen LogP contribution in [0.15, 0.2) is 27.6 Å². The summed E-state index contributed by atoms with van der Waals surface area (Å²) in [5.74, 6) is 0. The van der Waals surface area contributed by atoms with Gasteiger partial charge < -0.3 is 5.73 Å². The average Bonchev–Trinajstić information content (AvgIpc) is 2.24. The molecular weight excluding hydrogens is 328 g/mol. The number of rotatable bonds is 6. The Balaban J connectivity index is 2.76. The van der Waals surface area contributed by atoms with Crippen molar-refractivity contribution in [1.82, 2.24) is 4.72 Å². The summed E-state index contributed by atoms with van der Waals surface area (Å²) < 4.78 is 27.0. The van der Waals surface area contributed by atoms with E-state index in [9.17, 15) is 8.42 Å². The fourth-order valence-electron chi connectivity index (χ4n) is 1.25. The minimum atomic E-state index is -3.53. The standard InChI is InChI=1S/C10H14BrClN2O2S/c11-8-3-4-10(9(12)7-8)17(15,16)14-6-2-1-5-13/h3-4,7,14H,1-2,5-6,13H2. The minimum absolute atomic E-state index is 0.0927. The Kier molecular flexibility index (Phi) is 5.88. The van der Waals surface area contributed by atoms with Crippen LogP contribution in [0.25, 0.3) is 0 Å². The molecule has 4 nitrogen and oxygen atoms in total. The summed E-state index contributed by atoms with van der Waals surface area (Å²) in [6, 6.07) is 4.66. The van der Waals surface area contributed by atoms with Gasteiger partial charge in [-0.3, -0.25) is 0 Å². The molecule has 7 heteroatoms. The van der Waals surface area contributed by atoms with Crippen molar-refractivity contribution < 1.29 is 8.42 Å². The molecule has 0 aliphatic rings. The maximum Gasteiger partial charge on any atom is 0.242 e. The van der Waals surface area contributed by atoms with Gasteiger partial charge in [0.25, 0.3) is 0 Å². The van der Waals surface area contributed by atoms with Gasteiger partial charge in [0.15, 0.2) is 0 Å². The number of hydrogen-bond donors (Lipinski definition) is 2. The first kappa shape index (κ1) is 14.9. The van der Waals surface area contributed by atoms with E-state index in [1.54, 1.807) is 12.1 Å². The van der Waals surface area contributed by atoms with Crippen molar-refractivity contribution >= 4 is 37.6 Å². The quantitative estimate of drug-likeness (QED) is 0.779. The SMILES string of the molecule is NCCCCNS(=O)(=O)c1ccc(Br)cc1Cl. The van der Waals surface area contributed by atoms with Crippen LogP contribution in [0.1, 0.15) is 12.8 Å². The van der Waals surface area contributed by atoms with E-state index in [4.69, 9.17) is 17.3 Å². The van der Waals surface area contributed by atoms with E-state index in [0.29, 0.717) is 19.5 Å². The summed E-state index contributed by atoms with van der Waals surface area (Å²) in [4.78, 5) is 0.0927. The number of halogens is 2. The molecule has 0 unspecified atom stereocenters. The lowest BCUT2D eigenvalue weighted by molar-refractivity contribution is 0.577. The Labute approximate surface area is 115 Å². The molecule has 3 N–H and O–H groups in total. The van der Waals surface area contributed by atoms with Gasteiger partial charge in [-0.25, -0.2) is 13.1 Å². The molecule has 0 atom stereocenters. The maximum atomic E-state index is 11.9. The normalized spacial score (nSPS) is 11.7. The van der Waals surface area contributed by atoms with Crippen molar-refractivity contribution in [3.63, 3.8) is 0 Å². The molecule has 1 aromatic carbocycles. The second kappa shape index (κ2) is 6.70. The van der Waals surface area contributed by atoms with Gasteiger partial charge in [0.05, 0.1) is 5.02 Å². The lowest BCUT2D eigenvalue weighted by Gasteiger charge is -2.08. The monoisotopic (exact) mass is 340 g/mol. The molecule has 1 aromatic rings. The molecular formula is C10H14BrClN2O2S. The van der Waals surface area contributed by atoms with Crippen LogP contribution in [0.2, 0.25) is 5.02 Å². The highest BCUT2D eigenvalue weighted by Crippen LogP contribution is 2.24. The second-order valence-electron chi connectivity index (χ2n) is 3.47. The third-order valence-electron chi connectivity index (χ3n) is 2.11. The number of unbranched alkanes of at least 4 members (excludes halogenated alkanes) is 1. The number of nitrogens with one attached hydrogen (secondary N) is 1. The maximum absolute atomic E-state index is 11.9. The number of nitrogens with two attached hydrogens (primary N) is 1. The first-order chi connectivity index (χ1) is 7.97. The summed E-state index contributed by atoms with van der Waals surface area (Å²) in [6.07, 6.45) is 1.50. The van der Waals surface area contributed by atoms with Crippen molar-refractivity contribution in [2.75, 3.05) is 13.1 Å². The van der Waals surface area contributed by atoms with Gasteiger partial charge in [-0.1, -0.05) is 27.5 Å². The van der Waals surface area contributed by atoms with Crippen LogP contribution in [0.3, 0.4) is 0 Å². The third kappa shape index (κ3) is 4.56. The van der Waals surface area contributed by atoms with Gasteiger partial charge in [0.2, 0.25) is 10.0 Å². The zero-order chi connectivity index (χ0) is 12.9. The summed E-state index contributed by atoms with van der Waals surface area (Å²) in [7, 11) is -3.53. The Morgan fingerprint density at radius 3 is 2.65 bits per heavy atom. The zero-order valence-corrected chi connectivity index (χ0v) is 12.3. The van der Waals surface area contributed by atoms with Crippen LogP contribution in [0.5, 0.6) is 0 Å².